The molecule has 0 aromatic heterocycles. The summed E-state index contributed by atoms with van der Waals surface area (Å²) in [6.45, 7) is 4.12. The molecule has 2 heteroatoms. The van der Waals surface area contributed by atoms with Gasteiger partial charge in [-0.25, -0.2) is 0 Å². The van der Waals surface area contributed by atoms with E-state index in [1.165, 1.54) is 27.6 Å². The van der Waals surface area contributed by atoms with Crippen LogP contribution < -0.4 is 0 Å². The van der Waals surface area contributed by atoms with Crippen molar-refractivity contribution in [1.82, 2.24) is 4.90 Å². The summed E-state index contributed by atoms with van der Waals surface area (Å²) < 4.78 is 0. The van der Waals surface area contributed by atoms with Crippen LogP contribution >= 0.6 is 0 Å². The molecule has 104 valence electrons. The molecule has 0 aliphatic carbocycles. The minimum absolute atomic E-state index is 0.0627. The predicted molar refractivity (Wildman–Crippen MR) is 88.1 cm³/mol. The molecule has 0 bridgehead atoms. The van der Waals surface area contributed by atoms with Crippen molar-refractivity contribution in [2.24, 2.45) is 0 Å². The Morgan fingerprint density at radius 3 is 2.38 bits per heavy atom. The molecule has 3 aromatic rings. The summed E-state index contributed by atoms with van der Waals surface area (Å²) in [6, 6.07) is 18.9. The number of hydrogen-bond donors (Lipinski definition) is 0. The van der Waals surface area contributed by atoms with E-state index in [2.05, 4.69) is 49.0 Å². The van der Waals surface area contributed by atoms with Gasteiger partial charge in [0.1, 0.15) is 0 Å². The number of likely N-dealkylation sites (N-methyl/N-ethyl adjacent to an activating group) is 1. The Labute approximate surface area is 124 Å². The largest absolute Gasteiger partial charge is 0.338 e. The Bertz CT molecular complexity index is 835. The first-order valence-electron chi connectivity index (χ1n) is 6.97. The lowest BCUT2D eigenvalue weighted by Gasteiger charge is -2.17. The molecule has 0 fully saturated rings. The molecule has 0 spiro atoms. The highest BCUT2D eigenvalue weighted by atomic mass is 16.2. The number of nitrogens with zero attached hydrogens (tertiary/aromatic N) is 1. The maximum Gasteiger partial charge on any atom is 0.245 e. The fourth-order valence-corrected chi connectivity index (χ4v) is 2.75. The number of carbonyl (C=O) groups excluding carboxylic acids is 1. The van der Waals surface area contributed by atoms with Crippen molar-refractivity contribution >= 4 is 27.5 Å². The Hall–Kier alpha value is -2.61. The lowest BCUT2D eigenvalue weighted by molar-refractivity contribution is -0.125. The van der Waals surface area contributed by atoms with Crippen LogP contribution in [0.15, 0.2) is 67.3 Å². The molecule has 3 aromatic carbocycles. The van der Waals surface area contributed by atoms with Crippen LogP contribution in [0, 0.1) is 0 Å². The second kappa shape index (κ2) is 5.41. The van der Waals surface area contributed by atoms with Gasteiger partial charge in [-0.05, 0) is 39.3 Å². The van der Waals surface area contributed by atoms with Gasteiger partial charge in [-0.1, -0.05) is 55.1 Å². The number of hydrogen-bond acceptors (Lipinski definition) is 1. The number of benzene rings is 3. The Morgan fingerprint density at radius 1 is 1.05 bits per heavy atom. The van der Waals surface area contributed by atoms with Gasteiger partial charge in [0.15, 0.2) is 0 Å². The van der Waals surface area contributed by atoms with Gasteiger partial charge in [0.2, 0.25) is 5.91 Å². The Kier molecular flexibility index (Phi) is 3.44. The van der Waals surface area contributed by atoms with E-state index in [0.29, 0.717) is 6.54 Å². The quantitative estimate of drug-likeness (QED) is 0.519. The van der Waals surface area contributed by atoms with E-state index in [9.17, 15) is 4.79 Å². The number of fused-ring (bicyclic) bond motifs is 3. The van der Waals surface area contributed by atoms with Gasteiger partial charge in [-0.3, -0.25) is 4.79 Å². The molecular weight excluding hydrogens is 258 g/mol. The fraction of sp³-hybridized carbons (Fsp3) is 0.105. The van der Waals surface area contributed by atoms with Crippen LogP contribution in [0.3, 0.4) is 0 Å². The van der Waals surface area contributed by atoms with Crippen molar-refractivity contribution in [2.45, 2.75) is 6.54 Å². The van der Waals surface area contributed by atoms with E-state index < -0.39 is 0 Å². The first-order valence-corrected chi connectivity index (χ1v) is 6.97. The van der Waals surface area contributed by atoms with E-state index in [1.54, 1.807) is 11.9 Å². The van der Waals surface area contributed by atoms with Gasteiger partial charge in [0, 0.05) is 13.6 Å². The van der Waals surface area contributed by atoms with Gasteiger partial charge < -0.3 is 4.90 Å². The van der Waals surface area contributed by atoms with E-state index in [1.807, 2.05) is 12.1 Å². The third kappa shape index (κ3) is 2.40. The second-order valence-electron chi connectivity index (χ2n) is 5.20. The minimum atomic E-state index is -0.0627. The smallest absolute Gasteiger partial charge is 0.245 e. The zero-order valence-electron chi connectivity index (χ0n) is 12.0. The Balaban J connectivity index is 2.20. The maximum atomic E-state index is 11.7. The first-order chi connectivity index (χ1) is 10.2. The summed E-state index contributed by atoms with van der Waals surface area (Å²) in [5.74, 6) is -0.0627. The van der Waals surface area contributed by atoms with Crippen LogP contribution in [0.1, 0.15) is 5.56 Å². The van der Waals surface area contributed by atoms with E-state index >= 15 is 0 Å². The van der Waals surface area contributed by atoms with Gasteiger partial charge in [0.05, 0.1) is 0 Å². The van der Waals surface area contributed by atoms with E-state index in [0.717, 1.165) is 5.56 Å². The summed E-state index contributed by atoms with van der Waals surface area (Å²) >= 11 is 0. The average Bonchev–Trinajstić information content (AvgIpc) is 2.54. The topological polar surface area (TPSA) is 20.3 Å². The fourth-order valence-electron chi connectivity index (χ4n) is 2.75. The predicted octanol–water partition coefficient (Wildman–Crippen LogP) is 4.14. The molecule has 0 aliphatic heterocycles. The van der Waals surface area contributed by atoms with Crippen molar-refractivity contribution in [2.75, 3.05) is 7.05 Å². The van der Waals surface area contributed by atoms with E-state index in [4.69, 9.17) is 0 Å². The van der Waals surface area contributed by atoms with Crippen molar-refractivity contribution in [3.63, 3.8) is 0 Å². The molecule has 0 radical (unpaired) electrons. The molecule has 1 amide bonds. The second-order valence-corrected chi connectivity index (χ2v) is 5.20. The normalized spacial score (nSPS) is 10.7. The molecule has 0 N–H and O–H groups in total. The Morgan fingerprint density at radius 2 is 1.67 bits per heavy atom. The van der Waals surface area contributed by atoms with Crippen LogP contribution in [0.25, 0.3) is 21.5 Å². The molecule has 0 unspecified atom stereocenters. The molecular formula is C19H17NO. The third-order valence-corrected chi connectivity index (χ3v) is 3.81. The zero-order valence-corrected chi connectivity index (χ0v) is 12.0. The molecule has 0 saturated heterocycles. The third-order valence-electron chi connectivity index (χ3n) is 3.81. The summed E-state index contributed by atoms with van der Waals surface area (Å²) in [5.41, 5.74) is 1.15. The first kappa shape index (κ1) is 13.4. The lowest BCUT2D eigenvalue weighted by Crippen LogP contribution is -2.24. The highest BCUT2D eigenvalue weighted by Crippen LogP contribution is 2.29. The maximum absolute atomic E-state index is 11.7. The molecule has 0 atom stereocenters. The van der Waals surface area contributed by atoms with Crippen LogP contribution in [0.4, 0.5) is 0 Å². The SMILES string of the molecule is C=CC(=O)N(C)Cc1cc2ccccc2c2ccccc12. The van der Waals surface area contributed by atoms with Crippen molar-refractivity contribution in [3.05, 3.63) is 72.8 Å². The number of amides is 1. The molecule has 21 heavy (non-hydrogen) atoms. The monoisotopic (exact) mass is 275 g/mol. The van der Waals surface area contributed by atoms with Crippen molar-refractivity contribution in [3.8, 4) is 0 Å². The van der Waals surface area contributed by atoms with Crippen LogP contribution in [-0.4, -0.2) is 17.9 Å². The van der Waals surface area contributed by atoms with Crippen molar-refractivity contribution < 1.29 is 4.79 Å². The molecule has 2 nitrogen and oxygen atoms in total. The average molecular weight is 275 g/mol. The summed E-state index contributed by atoms with van der Waals surface area (Å²) in [7, 11) is 1.80. The van der Waals surface area contributed by atoms with Crippen LogP contribution in [0.5, 0.6) is 0 Å². The molecule has 0 saturated carbocycles. The molecule has 3 rings (SSSR count). The van der Waals surface area contributed by atoms with Gasteiger partial charge >= 0.3 is 0 Å². The zero-order chi connectivity index (χ0) is 14.8. The van der Waals surface area contributed by atoms with Gasteiger partial charge in [-0.2, -0.15) is 0 Å². The summed E-state index contributed by atoms with van der Waals surface area (Å²) in [5, 5.41) is 4.87. The van der Waals surface area contributed by atoms with Crippen LogP contribution in [0.2, 0.25) is 0 Å². The standard InChI is InChI=1S/C19H17NO/c1-3-19(21)20(2)13-15-12-14-8-4-5-9-16(14)18-11-7-6-10-17(15)18/h3-12H,1,13H2,2H3. The molecule has 0 heterocycles. The number of carbonyl (C=O) groups is 1. The van der Waals surface area contributed by atoms with Gasteiger partial charge in [-0.15, -0.1) is 0 Å². The number of rotatable bonds is 3. The van der Waals surface area contributed by atoms with E-state index in [-0.39, 0.29) is 5.91 Å². The van der Waals surface area contributed by atoms with Crippen LogP contribution in [-0.2, 0) is 11.3 Å². The highest BCUT2D eigenvalue weighted by Gasteiger charge is 2.10. The minimum Gasteiger partial charge on any atom is -0.338 e. The van der Waals surface area contributed by atoms with Crippen molar-refractivity contribution in [1.29, 1.82) is 0 Å². The summed E-state index contributed by atoms with van der Waals surface area (Å²) in [4.78, 5) is 13.4. The molecule has 0 aliphatic rings. The van der Waals surface area contributed by atoms with Gasteiger partial charge in [0.25, 0.3) is 0 Å². The highest BCUT2D eigenvalue weighted by molar-refractivity contribution is 6.09. The summed E-state index contributed by atoms with van der Waals surface area (Å²) in [6.07, 6.45) is 1.35. The lowest BCUT2D eigenvalue weighted by atomic mass is 9.97.